The molecule has 0 fully saturated rings. The number of carbonyl (C=O) groups excluding carboxylic acids is 1. The van der Waals surface area contributed by atoms with Gasteiger partial charge in [0.05, 0.1) is 6.42 Å². The first-order valence-corrected chi connectivity index (χ1v) is 6.02. The van der Waals surface area contributed by atoms with Crippen LogP contribution in [-0.4, -0.2) is 10.5 Å². The molecule has 3 heteroatoms. The lowest BCUT2D eigenvalue weighted by Crippen LogP contribution is -2.14. The van der Waals surface area contributed by atoms with Gasteiger partial charge in [0.2, 0.25) is 5.91 Å². The minimum absolute atomic E-state index is 0.0196. The summed E-state index contributed by atoms with van der Waals surface area (Å²) in [5.41, 5.74) is 4.21. The van der Waals surface area contributed by atoms with Crippen LogP contribution in [0.3, 0.4) is 0 Å². The normalized spacial score (nSPS) is 10.4. The molecule has 2 aromatic rings. The molecule has 0 spiro atoms. The SMILES string of the molecule is Cc1cc(C)cc(NC(=O)Cc2ccn(C)c2)c1. The molecule has 0 aliphatic heterocycles. The van der Waals surface area contributed by atoms with Gasteiger partial charge in [-0.15, -0.1) is 0 Å². The number of hydrogen-bond donors (Lipinski definition) is 1. The van der Waals surface area contributed by atoms with Crippen LogP contribution < -0.4 is 5.32 Å². The lowest BCUT2D eigenvalue weighted by atomic mass is 10.1. The summed E-state index contributed by atoms with van der Waals surface area (Å²) in [6.07, 6.45) is 4.31. The van der Waals surface area contributed by atoms with Gasteiger partial charge < -0.3 is 9.88 Å². The summed E-state index contributed by atoms with van der Waals surface area (Å²) in [5.74, 6) is 0.0196. The fraction of sp³-hybridized carbons (Fsp3) is 0.267. The van der Waals surface area contributed by atoms with Gasteiger partial charge in [-0.3, -0.25) is 4.79 Å². The van der Waals surface area contributed by atoms with Crippen LogP contribution in [0.1, 0.15) is 16.7 Å². The second-order valence-electron chi connectivity index (χ2n) is 4.79. The molecular formula is C15H18N2O. The molecule has 0 saturated carbocycles. The number of rotatable bonds is 3. The van der Waals surface area contributed by atoms with Crippen molar-refractivity contribution in [1.29, 1.82) is 0 Å². The van der Waals surface area contributed by atoms with Gasteiger partial charge in [0.25, 0.3) is 0 Å². The second kappa shape index (κ2) is 5.08. The van der Waals surface area contributed by atoms with Crippen molar-refractivity contribution in [2.24, 2.45) is 7.05 Å². The highest BCUT2D eigenvalue weighted by atomic mass is 16.1. The van der Waals surface area contributed by atoms with Crippen LogP contribution in [0.15, 0.2) is 36.7 Å². The van der Waals surface area contributed by atoms with E-state index in [1.807, 2.05) is 56.1 Å². The zero-order valence-electron chi connectivity index (χ0n) is 11.0. The highest BCUT2D eigenvalue weighted by molar-refractivity contribution is 5.92. The van der Waals surface area contributed by atoms with Crippen LogP contribution in [0, 0.1) is 13.8 Å². The first-order chi connectivity index (χ1) is 8.52. The molecule has 0 atom stereocenters. The molecule has 0 aliphatic carbocycles. The van der Waals surface area contributed by atoms with E-state index in [-0.39, 0.29) is 5.91 Å². The maximum absolute atomic E-state index is 11.9. The molecule has 1 amide bonds. The molecule has 1 N–H and O–H groups in total. The van der Waals surface area contributed by atoms with E-state index in [0.717, 1.165) is 22.4 Å². The molecule has 3 nitrogen and oxygen atoms in total. The van der Waals surface area contributed by atoms with E-state index >= 15 is 0 Å². The van der Waals surface area contributed by atoms with Crippen LogP contribution in [-0.2, 0) is 18.3 Å². The number of nitrogens with zero attached hydrogens (tertiary/aromatic N) is 1. The lowest BCUT2D eigenvalue weighted by Gasteiger charge is -2.07. The van der Waals surface area contributed by atoms with Crippen LogP contribution in [0.5, 0.6) is 0 Å². The van der Waals surface area contributed by atoms with Crippen LogP contribution in [0.25, 0.3) is 0 Å². The maximum atomic E-state index is 11.9. The third kappa shape index (κ3) is 3.23. The highest BCUT2D eigenvalue weighted by Crippen LogP contribution is 2.14. The molecule has 0 bridgehead atoms. The predicted octanol–water partition coefficient (Wildman–Crippen LogP) is 2.82. The van der Waals surface area contributed by atoms with Gasteiger partial charge in [-0.05, 0) is 48.7 Å². The summed E-state index contributed by atoms with van der Waals surface area (Å²) in [5, 5.41) is 2.93. The Labute approximate surface area is 107 Å². The Hall–Kier alpha value is -2.03. The number of aryl methyl sites for hydroxylation is 3. The van der Waals surface area contributed by atoms with Crippen molar-refractivity contribution in [3.8, 4) is 0 Å². The molecule has 2 rings (SSSR count). The Morgan fingerprint density at radius 2 is 1.89 bits per heavy atom. The summed E-state index contributed by atoms with van der Waals surface area (Å²) < 4.78 is 1.94. The van der Waals surface area contributed by atoms with Gasteiger partial charge in [-0.2, -0.15) is 0 Å². The molecule has 0 unspecified atom stereocenters. The van der Waals surface area contributed by atoms with Crippen molar-refractivity contribution in [1.82, 2.24) is 4.57 Å². The zero-order valence-corrected chi connectivity index (χ0v) is 11.0. The first-order valence-electron chi connectivity index (χ1n) is 6.02. The molecule has 0 aliphatic rings. The standard InChI is InChI=1S/C15H18N2O/c1-11-6-12(2)8-14(7-11)16-15(18)9-13-4-5-17(3)10-13/h4-8,10H,9H2,1-3H3,(H,16,18). The summed E-state index contributed by atoms with van der Waals surface area (Å²) in [6.45, 7) is 4.06. The molecule has 0 radical (unpaired) electrons. The van der Waals surface area contributed by atoms with E-state index < -0.39 is 0 Å². The fourth-order valence-corrected chi connectivity index (χ4v) is 2.10. The molecule has 1 aromatic carbocycles. The number of hydrogen-bond acceptors (Lipinski definition) is 1. The number of benzene rings is 1. The second-order valence-corrected chi connectivity index (χ2v) is 4.79. The van der Waals surface area contributed by atoms with Gasteiger partial charge in [0.1, 0.15) is 0 Å². The average molecular weight is 242 g/mol. The average Bonchev–Trinajstić information content (AvgIpc) is 2.61. The summed E-state index contributed by atoms with van der Waals surface area (Å²) in [7, 11) is 1.95. The number of nitrogens with one attached hydrogen (secondary N) is 1. The van der Waals surface area contributed by atoms with Crippen molar-refractivity contribution in [3.63, 3.8) is 0 Å². The third-order valence-electron chi connectivity index (χ3n) is 2.76. The Morgan fingerprint density at radius 3 is 2.44 bits per heavy atom. The van der Waals surface area contributed by atoms with Crippen LogP contribution in [0.4, 0.5) is 5.69 Å². The van der Waals surface area contributed by atoms with Gasteiger partial charge in [-0.1, -0.05) is 6.07 Å². The van der Waals surface area contributed by atoms with Crippen LogP contribution in [0.2, 0.25) is 0 Å². The zero-order chi connectivity index (χ0) is 13.1. The highest BCUT2D eigenvalue weighted by Gasteiger charge is 2.05. The van der Waals surface area contributed by atoms with E-state index in [1.165, 1.54) is 0 Å². The minimum atomic E-state index is 0.0196. The van der Waals surface area contributed by atoms with Gasteiger partial charge in [-0.25, -0.2) is 0 Å². The number of aromatic nitrogens is 1. The van der Waals surface area contributed by atoms with E-state index in [0.29, 0.717) is 6.42 Å². The van der Waals surface area contributed by atoms with E-state index in [2.05, 4.69) is 11.4 Å². The predicted molar refractivity (Wildman–Crippen MR) is 73.7 cm³/mol. The van der Waals surface area contributed by atoms with E-state index in [4.69, 9.17) is 0 Å². The summed E-state index contributed by atoms with van der Waals surface area (Å²) in [4.78, 5) is 11.9. The number of amides is 1. The molecular weight excluding hydrogens is 224 g/mol. The Morgan fingerprint density at radius 1 is 1.22 bits per heavy atom. The Bertz CT molecular complexity index is 549. The van der Waals surface area contributed by atoms with Crippen LogP contribution >= 0.6 is 0 Å². The third-order valence-corrected chi connectivity index (χ3v) is 2.76. The van der Waals surface area contributed by atoms with Crippen molar-refractivity contribution >= 4 is 11.6 Å². The van der Waals surface area contributed by atoms with Gasteiger partial charge in [0, 0.05) is 25.1 Å². The first kappa shape index (κ1) is 12.4. The van der Waals surface area contributed by atoms with E-state index in [1.54, 1.807) is 0 Å². The van der Waals surface area contributed by atoms with Crippen molar-refractivity contribution < 1.29 is 4.79 Å². The molecule has 18 heavy (non-hydrogen) atoms. The largest absolute Gasteiger partial charge is 0.357 e. The maximum Gasteiger partial charge on any atom is 0.228 e. The molecule has 0 saturated heterocycles. The van der Waals surface area contributed by atoms with Crippen molar-refractivity contribution in [3.05, 3.63) is 53.3 Å². The number of carbonyl (C=O) groups is 1. The van der Waals surface area contributed by atoms with Crippen molar-refractivity contribution in [2.45, 2.75) is 20.3 Å². The fourth-order valence-electron chi connectivity index (χ4n) is 2.10. The molecule has 1 aromatic heterocycles. The lowest BCUT2D eigenvalue weighted by molar-refractivity contribution is -0.115. The summed E-state index contributed by atoms with van der Waals surface area (Å²) >= 11 is 0. The molecule has 94 valence electrons. The quantitative estimate of drug-likeness (QED) is 0.882. The van der Waals surface area contributed by atoms with Crippen molar-refractivity contribution in [2.75, 3.05) is 5.32 Å². The van der Waals surface area contributed by atoms with Gasteiger partial charge in [0.15, 0.2) is 0 Å². The Kier molecular flexibility index (Phi) is 3.51. The number of anilines is 1. The van der Waals surface area contributed by atoms with Gasteiger partial charge >= 0.3 is 0 Å². The monoisotopic (exact) mass is 242 g/mol. The Balaban J connectivity index is 2.02. The minimum Gasteiger partial charge on any atom is -0.357 e. The van der Waals surface area contributed by atoms with E-state index in [9.17, 15) is 4.79 Å². The smallest absolute Gasteiger partial charge is 0.228 e. The molecule has 1 heterocycles. The topological polar surface area (TPSA) is 34.0 Å². The summed E-state index contributed by atoms with van der Waals surface area (Å²) in [6, 6.07) is 8.01.